The third-order valence-electron chi connectivity index (χ3n) is 2.67. The van der Waals surface area contributed by atoms with Crippen molar-refractivity contribution < 1.29 is 14.3 Å². The lowest BCUT2D eigenvalue weighted by Crippen LogP contribution is -2.00. The minimum absolute atomic E-state index is 0.0356. The van der Waals surface area contributed by atoms with Gasteiger partial charge in [0.15, 0.2) is 0 Å². The van der Waals surface area contributed by atoms with Crippen LogP contribution >= 0.6 is 0 Å². The SMILES string of the molecule is O=C1COC(c2cccc3ccccc23)O1. The van der Waals surface area contributed by atoms with Crippen molar-refractivity contribution in [2.75, 3.05) is 6.61 Å². The van der Waals surface area contributed by atoms with E-state index >= 15 is 0 Å². The summed E-state index contributed by atoms with van der Waals surface area (Å²) in [5, 5.41) is 2.18. The first-order valence-corrected chi connectivity index (χ1v) is 5.13. The third-order valence-corrected chi connectivity index (χ3v) is 2.67. The number of carbonyl (C=O) groups is 1. The molecule has 1 fully saturated rings. The molecule has 0 radical (unpaired) electrons. The van der Waals surface area contributed by atoms with E-state index < -0.39 is 6.29 Å². The summed E-state index contributed by atoms with van der Waals surface area (Å²) >= 11 is 0. The van der Waals surface area contributed by atoms with Gasteiger partial charge in [-0.1, -0.05) is 42.5 Å². The predicted octanol–water partition coefficient (Wildman–Crippen LogP) is 2.41. The maximum absolute atomic E-state index is 11.0. The van der Waals surface area contributed by atoms with Gasteiger partial charge in [-0.2, -0.15) is 0 Å². The Kier molecular flexibility index (Phi) is 2.11. The molecule has 1 aliphatic heterocycles. The molecule has 3 nitrogen and oxygen atoms in total. The monoisotopic (exact) mass is 214 g/mol. The molecule has 1 atom stereocenters. The number of ether oxygens (including phenoxy) is 2. The Labute approximate surface area is 92.6 Å². The largest absolute Gasteiger partial charge is 0.429 e. The molecule has 80 valence electrons. The Morgan fingerprint density at radius 2 is 1.88 bits per heavy atom. The van der Waals surface area contributed by atoms with E-state index in [1.54, 1.807) is 0 Å². The topological polar surface area (TPSA) is 35.5 Å². The van der Waals surface area contributed by atoms with Crippen LogP contribution in [0.15, 0.2) is 42.5 Å². The third kappa shape index (κ3) is 1.46. The molecule has 0 amide bonds. The van der Waals surface area contributed by atoms with Gasteiger partial charge >= 0.3 is 5.97 Å². The highest BCUT2D eigenvalue weighted by Crippen LogP contribution is 2.30. The molecule has 16 heavy (non-hydrogen) atoms. The van der Waals surface area contributed by atoms with Crippen LogP contribution in [0.3, 0.4) is 0 Å². The Morgan fingerprint density at radius 3 is 2.69 bits per heavy atom. The van der Waals surface area contributed by atoms with E-state index in [0.717, 1.165) is 16.3 Å². The van der Waals surface area contributed by atoms with Gasteiger partial charge in [-0.25, -0.2) is 4.79 Å². The molecule has 2 aromatic carbocycles. The van der Waals surface area contributed by atoms with Gasteiger partial charge in [-0.3, -0.25) is 0 Å². The van der Waals surface area contributed by atoms with Gasteiger partial charge in [0.05, 0.1) is 0 Å². The number of fused-ring (bicyclic) bond motifs is 1. The molecule has 1 aliphatic rings. The lowest BCUT2D eigenvalue weighted by molar-refractivity contribution is -0.143. The first-order chi connectivity index (χ1) is 7.84. The molecule has 3 heteroatoms. The fourth-order valence-corrected chi connectivity index (χ4v) is 1.94. The van der Waals surface area contributed by atoms with E-state index in [0.29, 0.717) is 0 Å². The highest BCUT2D eigenvalue weighted by atomic mass is 16.7. The molecular weight excluding hydrogens is 204 g/mol. The van der Waals surface area contributed by atoms with Gasteiger partial charge in [-0.15, -0.1) is 0 Å². The van der Waals surface area contributed by atoms with E-state index in [4.69, 9.17) is 9.47 Å². The molecule has 1 saturated heterocycles. The highest BCUT2D eigenvalue weighted by Gasteiger charge is 2.26. The van der Waals surface area contributed by atoms with Crippen LogP contribution in [0.4, 0.5) is 0 Å². The number of esters is 1. The fraction of sp³-hybridized carbons (Fsp3) is 0.154. The molecule has 0 spiro atoms. The van der Waals surface area contributed by atoms with Crippen molar-refractivity contribution in [2.24, 2.45) is 0 Å². The van der Waals surface area contributed by atoms with Crippen molar-refractivity contribution in [2.45, 2.75) is 6.29 Å². The van der Waals surface area contributed by atoms with Crippen LogP contribution in [-0.2, 0) is 14.3 Å². The molecule has 0 aliphatic carbocycles. The van der Waals surface area contributed by atoms with Crippen LogP contribution in [-0.4, -0.2) is 12.6 Å². The summed E-state index contributed by atoms with van der Waals surface area (Å²) in [6.07, 6.45) is -0.557. The molecule has 0 saturated carbocycles. The second-order valence-corrected chi connectivity index (χ2v) is 3.70. The summed E-state index contributed by atoms with van der Waals surface area (Å²) in [7, 11) is 0. The Morgan fingerprint density at radius 1 is 1.06 bits per heavy atom. The lowest BCUT2D eigenvalue weighted by Gasteiger charge is -2.11. The Balaban J connectivity index is 2.13. The number of carbonyl (C=O) groups excluding carboxylic acids is 1. The fourth-order valence-electron chi connectivity index (χ4n) is 1.94. The van der Waals surface area contributed by atoms with E-state index in [1.807, 2.05) is 42.5 Å². The molecule has 0 N–H and O–H groups in total. The van der Waals surface area contributed by atoms with Gasteiger partial charge in [-0.05, 0) is 10.8 Å². The van der Waals surface area contributed by atoms with Crippen molar-refractivity contribution in [1.82, 2.24) is 0 Å². The van der Waals surface area contributed by atoms with Crippen molar-refractivity contribution in [1.29, 1.82) is 0 Å². The van der Waals surface area contributed by atoms with Gasteiger partial charge in [0.25, 0.3) is 0 Å². The first kappa shape index (κ1) is 9.36. The zero-order chi connectivity index (χ0) is 11.0. The summed E-state index contributed by atoms with van der Waals surface area (Å²) in [5.74, 6) is -0.307. The molecule has 3 rings (SSSR count). The molecular formula is C13H10O3. The second kappa shape index (κ2) is 3.61. The van der Waals surface area contributed by atoms with E-state index in [1.165, 1.54) is 0 Å². The number of benzene rings is 2. The van der Waals surface area contributed by atoms with Crippen molar-refractivity contribution in [3.8, 4) is 0 Å². The number of cyclic esters (lactones) is 1. The first-order valence-electron chi connectivity index (χ1n) is 5.13. The lowest BCUT2D eigenvalue weighted by atomic mass is 10.0. The normalized spacial score (nSPS) is 20.0. The summed E-state index contributed by atoms with van der Waals surface area (Å²) in [4.78, 5) is 11.0. The van der Waals surface area contributed by atoms with Crippen LogP contribution in [0.5, 0.6) is 0 Å². The standard InChI is InChI=1S/C13H10O3/c14-12-8-15-13(16-12)11-7-3-5-9-4-1-2-6-10(9)11/h1-7,13H,8H2. The molecule has 2 aromatic rings. The molecule has 0 aromatic heterocycles. The van der Waals surface area contributed by atoms with Crippen LogP contribution in [0.2, 0.25) is 0 Å². The number of hydrogen-bond acceptors (Lipinski definition) is 3. The zero-order valence-corrected chi connectivity index (χ0v) is 8.55. The van der Waals surface area contributed by atoms with Crippen LogP contribution in [0, 0.1) is 0 Å². The summed E-state index contributed by atoms with van der Waals surface area (Å²) in [6, 6.07) is 13.8. The van der Waals surface area contributed by atoms with Crippen molar-refractivity contribution in [3.05, 3.63) is 48.0 Å². The summed E-state index contributed by atoms with van der Waals surface area (Å²) in [5.41, 5.74) is 0.906. The maximum Gasteiger partial charge on any atom is 0.334 e. The van der Waals surface area contributed by atoms with Crippen molar-refractivity contribution >= 4 is 16.7 Å². The van der Waals surface area contributed by atoms with Gasteiger partial charge < -0.3 is 9.47 Å². The smallest absolute Gasteiger partial charge is 0.334 e. The van der Waals surface area contributed by atoms with Crippen LogP contribution < -0.4 is 0 Å². The Bertz CT molecular complexity index is 542. The number of hydrogen-bond donors (Lipinski definition) is 0. The molecule has 0 bridgehead atoms. The average Bonchev–Trinajstić information content (AvgIpc) is 2.75. The minimum atomic E-state index is -0.557. The van der Waals surface area contributed by atoms with E-state index in [-0.39, 0.29) is 12.6 Å². The summed E-state index contributed by atoms with van der Waals surface area (Å²) < 4.78 is 10.4. The maximum atomic E-state index is 11.0. The highest BCUT2D eigenvalue weighted by molar-refractivity contribution is 5.86. The number of rotatable bonds is 1. The second-order valence-electron chi connectivity index (χ2n) is 3.70. The van der Waals surface area contributed by atoms with E-state index in [2.05, 4.69) is 0 Å². The van der Waals surface area contributed by atoms with Gasteiger partial charge in [0.1, 0.15) is 6.61 Å². The molecule has 1 unspecified atom stereocenters. The molecule has 1 heterocycles. The summed E-state index contributed by atoms with van der Waals surface area (Å²) in [6.45, 7) is 0.0356. The van der Waals surface area contributed by atoms with Crippen LogP contribution in [0.1, 0.15) is 11.9 Å². The zero-order valence-electron chi connectivity index (χ0n) is 8.55. The Hall–Kier alpha value is -1.87. The van der Waals surface area contributed by atoms with Crippen LogP contribution in [0.25, 0.3) is 10.8 Å². The average molecular weight is 214 g/mol. The quantitative estimate of drug-likeness (QED) is 0.684. The minimum Gasteiger partial charge on any atom is -0.429 e. The predicted molar refractivity (Wildman–Crippen MR) is 58.7 cm³/mol. The van der Waals surface area contributed by atoms with E-state index in [9.17, 15) is 4.79 Å². The van der Waals surface area contributed by atoms with Gasteiger partial charge in [0, 0.05) is 5.56 Å². The van der Waals surface area contributed by atoms with Crippen molar-refractivity contribution in [3.63, 3.8) is 0 Å². The van der Waals surface area contributed by atoms with Gasteiger partial charge in [0.2, 0.25) is 6.29 Å².